The Morgan fingerprint density at radius 3 is 1.93 bits per heavy atom. The van der Waals surface area contributed by atoms with E-state index in [0.717, 1.165) is 24.9 Å². The van der Waals surface area contributed by atoms with Crippen LogP contribution in [0.1, 0.15) is 24.0 Å². The van der Waals surface area contributed by atoms with Crippen LogP contribution in [0.15, 0.2) is 89.8 Å². The molecule has 0 amide bonds. The van der Waals surface area contributed by atoms with Crippen molar-refractivity contribution in [1.82, 2.24) is 4.31 Å². The fraction of sp³-hybridized carbons (Fsp3) is 0.280. The maximum absolute atomic E-state index is 13.0. The average molecular weight is 421 g/mol. The van der Waals surface area contributed by atoms with Crippen LogP contribution in [-0.4, -0.2) is 25.8 Å². The number of hydrogen-bond acceptors (Lipinski definition) is 3. The Morgan fingerprint density at radius 2 is 1.33 bits per heavy atom. The summed E-state index contributed by atoms with van der Waals surface area (Å²) in [5.74, 6) is 0.545. The van der Waals surface area contributed by atoms with Crippen LogP contribution in [0.25, 0.3) is 0 Å². The molecule has 0 radical (unpaired) electrons. The van der Waals surface area contributed by atoms with E-state index in [1.807, 2.05) is 36.4 Å². The van der Waals surface area contributed by atoms with Crippen molar-refractivity contribution in [3.05, 3.63) is 96.1 Å². The molecule has 4 nitrogen and oxygen atoms in total. The van der Waals surface area contributed by atoms with Crippen LogP contribution in [0, 0.1) is 5.92 Å². The summed E-state index contributed by atoms with van der Waals surface area (Å²) in [6.45, 7) is 1.89. The molecule has 156 valence electrons. The predicted octanol–water partition coefficient (Wildman–Crippen LogP) is 4.94. The number of nitrogens with one attached hydrogen (secondary N) is 1. The van der Waals surface area contributed by atoms with Gasteiger partial charge in [0.25, 0.3) is 0 Å². The zero-order valence-corrected chi connectivity index (χ0v) is 17.9. The Hall–Kier alpha value is -2.63. The molecule has 1 aliphatic heterocycles. The minimum absolute atomic E-state index is 0.370. The Bertz CT molecular complexity index is 1030. The lowest BCUT2D eigenvalue weighted by atomic mass is 9.91. The number of rotatable bonds is 7. The topological polar surface area (TPSA) is 49.4 Å². The first kappa shape index (κ1) is 20.6. The lowest BCUT2D eigenvalue weighted by molar-refractivity contribution is 0.273. The first-order valence-electron chi connectivity index (χ1n) is 10.5. The molecular weight excluding hydrogens is 392 g/mol. The van der Waals surface area contributed by atoms with E-state index in [-0.39, 0.29) is 0 Å². The molecule has 0 saturated carbocycles. The number of benzene rings is 3. The van der Waals surface area contributed by atoms with Gasteiger partial charge in [0.2, 0.25) is 10.0 Å². The van der Waals surface area contributed by atoms with E-state index in [2.05, 4.69) is 41.7 Å². The Morgan fingerprint density at radius 1 is 0.767 bits per heavy atom. The number of piperidine rings is 1. The van der Waals surface area contributed by atoms with E-state index in [9.17, 15) is 8.42 Å². The molecule has 1 aliphatic rings. The van der Waals surface area contributed by atoms with E-state index in [1.54, 1.807) is 16.4 Å². The standard InChI is InChI=1S/C25H28N2O2S/c28-30(29,27-17-15-22(16-18-27)19-21-7-3-1-4-8-21)25-13-11-24(12-14-25)26-20-23-9-5-2-6-10-23/h1-14,22,26H,15-20H2. The van der Waals surface area contributed by atoms with Gasteiger partial charge in [0.15, 0.2) is 0 Å². The Balaban J connectivity index is 1.33. The summed E-state index contributed by atoms with van der Waals surface area (Å²) in [5.41, 5.74) is 3.43. The van der Waals surface area contributed by atoms with Gasteiger partial charge < -0.3 is 5.32 Å². The highest BCUT2D eigenvalue weighted by atomic mass is 32.2. The van der Waals surface area contributed by atoms with Gasteiger partial charge in [0, 0.05) is 25.3 Å². The third kappa shape index (κ3) is 5.10. The van der Waals surface area contributed by atoms with Crippen molar-refractivity contribution in [3.8, 4) is 0 Å². The highest BCUT2D eigenvalue weighted by molar-refractivity contribution is 7.89. The average Bonchev–Trinajstić information content (AvgIpc) is 2.80. The molecule has 0 spiro atoms. The third-order valence-corrected chi connectivity index (χ3v) is 7.69. The van der Waals surface area contributed by atoms with Crippen LogP contribution in [0.4, 0.5) is 5.69 Å². The first-order valence-corrected chi connectivity index (χ1v) is 12.0. The fourth-order valence-electron chi connectivity index (χ4n) is 3.99. The monoisotopic (exact) mass is 420 g/mol. The van der Waals surface area contributed by atoms with E-state index in [1.165, 1.54) is 11.1 Å². The minimum Gasteiger partial charge on any atom is -0.381 e. The van der Waals surface area contributed by atoms with Crippen LogP contribution >= 0.6 is 0 Å². The maximum atomic E-state index is 13.0. The van der Waals surface area contributed by atoms with Crippen LogP contribution in [0.3, 0.4) is 0 Å². The van der Waals surface area contributed by atoms with Gasteiger partial charge in [-0.05, 0) is 60.6 Å². The molecule has 0 aliphatic carbocycles. The van der Waals surface area contributed by atoms with Crippen molar-refractivity contribution in [2.24, 2.45) is 5.92 Å². The molecule has 30 heavy (non-hydrogen) atoms. The van der Waals surface area contributed by atoms with Gasteiger partial charge in [-0.3, -0.25) is 0 Å². The zero-order chi connectivity index (χ0) is 20.8. The SMILES string of the molecule is O=S(=O)(c1ccc(NCc2ccccc2)cc1)N1CCC(Cc2ccccc2)CC1. The van der Waals surface area contributed by atoms with E-state index >= 15 is 0 Å². The lowest BCUT2D eigenvalue weighted by Gasteiger charge is -2.31. The second-order valence-corrected chi connectivity index (χ2v) is 9.84. The van der Waals surface area contributed by atoms with Crippen molar-refractivity contribution in [1.29, 1.82) is 0 Å². The second-order valence-electron chi connectivity index (χ2n) is 7.90. The summed E-state index contributed by atoms with van der Waals surface area (Å²) in [6, 6.07) is 27.7. The van der Waals surface area contributed by atoms with Crippen molar-refractivity contribution < 1.29 is 8.42 Å². The van der Waals surface area contributed by atoms with Gasteiger partial charge >= 0.3 is 0 Å². The Kier molecular flexibility index (Phi) is 6.50. The van der Waals surface area contributed by atoms with Gasteiger partial charge in [-0.1, -0.05) is 60.7 Å². The number of hydrogen-bond donors (Lipinski definition) is 1. The van der Waals surface area contributed by atoms with Gasteiger partial charge in [-0.25, -0.2) is 8.42 Å². The molecule has 0 bridgehead atoms. The van der Waals surface area contributed by atoms with Gasteiger partial charge in [-0.15, -0.1) is 0 Å². The van der Waals surface area contributed by atoms with E-state index < -0.39 is 10.0 Å². The largest absolute Gasteiger partial charge is 0.381 e. The zero-order valence-electron chi connectivity index (χ0n) is 17.1. The van der Waals surface area contributed by atoms with Crippen LogP contribution in [-0.2, 0) is 23.0 Å². The van der Waals surface area contributed by atoms with Crippen LogP contribution < -0.4 is 5.32 Å². The quantitative estimate of drug-likeness (QED) is 0.589. The molecule has 4 rings (SSSR count). The highest BCUT2D eigenvalue weighted by Crippen LogP contribution is 2.26. The smallest absolute Gasteiger partial charge is 0.243 e. The normalized spacial score (nSPS) is 15.7. The third-order valence-electron chi connectivity index (χ3n) is 5.77. The lowest BCUT2D eigenvalue weighted by Crippen LogP contribution is -2.38. The summed E-state index contributed by atoms with van der Waals surface area (Å²) >= 11 is 0. The molecule has 1 saturated heterocycles. The summed E-state index contributed by atoms with van der Waals surface area (Å²) in [7, 11) is -3.44. The molecule has 1 N–H and O–H groups in total. The fourth-order valence-corrected chi connectivity index (χ4v) is 5.46. The molecule has 5 heteroatoms. The molecule has 0 unspecified atom stereocenters. The number of sulfonamides is 1. The molecule has 0 atom stereocenters. The van der Waals surface area contributed by atoms with Gasteiger partial charge in [0.05, 0.1) is 4.90 Å². The number of nitrogens with zero attached hydrogens (tertiary/aromatic N) is 1. The summed E-state index contributed by atoms with van der Waals surface area (Å²) in [6.07, 6.45) is 2.84. The van der Waals surface area contributed by atoms with Crippen molar-refractivity contribution in [2.75, 3.05) is 18.4 Å². The summed E-state index contributed by atoms with van der Waals surface area (Å²) < 4.78 is 27.7. The summed E-state index contributed by atoms with van der Waals surface area (Å²) in [5, 5.41) is 3.34. The highest BCUT2D eigenvalue weighted by Gasteiger charge is 2.29. The minimum atomic E-state index is -3.44. The second kappa shape index (κ2) is 9.45. The van der Waals surface area contributed by atoms with Crippen molar-refractivity contribution >= 4 is 15.7 Å². The summed E-state index contributed by atoms with van der Waals surface area (Å²) in [4.78, 5) is 0.370. The van der Waals surface area contributed by atoms with Crippen molar-refractivity contribution in [2.45, 2.75) is 30.7 Å². The maximum Gasteiger partial charge on any atom is 0.243 e. The molecule has 0 aromatic heterocycles. The van der Waals surface area contributed by atoms with Gasteiger partial charge in [0.1, 0.15) is 0 Å². The first-order chi connectivity index (χ1) is 14.6. The van der Waals surface area contributed by atoms with E-state index in [4.69, 9.17) is 0 Å². The number of anilines is 1. The van der Waals surface area contributed by atoms with Crippen LogP contribution in [0.5, 0.6) is 0 Å². The predicted molar refractivity (Wildman–Crippen MR) is 122 cm³/mol. The molecule has 1 heterocycles. The Labute approximate surface area is 179 Å². The van der Waals surface area contributed by atoms with Gasteiger partial charge in [-0.2, -0.15) is 4.31 Å². The molecule has 1 fully saturated rings. The van der Waals surface area contributed by atoms with Crippen molar-refractivity contribution in [3.63, 3.8) is 0 Å². The molecule has 3 aromatic rings. The molecule has 3 aromatic carbocycles. The molecular formula is C25H28N2O2S. The van der Waals surface area contributed by atoms with Crippen LogP contribution in [0.2, 0.25) is 0 Å². The van der Waals surface area contributed by atoms with E-state index in [0.29, 0.717) is 30.4 Å².